The molecule has 0 radical (unpaired) electrons. The van der Waals surface area contributed by atoms with Gasteiger partial charge in [0, 0.05) is 5.69 Å². The highest BCUT2D eigenvalue weighted by Crippen LogP contribution is 2.26. The van der Waals surface area contributed by atoms with Crippen LogP contribution in [0.1, 0.15) is 6.92 Å². The lowest BCUT2D eigenvalue weighted by molar-refractivity contribution is 0.417. The van der Waals surface area contributed by atoms with E-state index in [1.54, 1.807) is 24.3 Å². The van der Waals surface area contributed by atoms with E-state index >= 15 is 0 Å². The van der Waals surface area contributed by atoms with Crippen molar-refractivity contribution < 1.29 is 21.6 Å². The first-order chi connectivity index (χ1) is 11.3. The van der Waals surface area contributed by atoms with Gasteiger partial charge in [-0.25, -0.2) is 16.8 Å². The zero-order valence-corrected chi connectivity index (χ0v) is 14.8. The molecule has 0 aliphatic carbocycles. The Morgan fingerprint density at radius 1 is 0.917 bits per heavy atom. The largest absolute Gasteiger partial charge is 0.495 e. The number of ether oxygens (including phenoxy) is 1. The first-order valence-electron chi connectivity index (χ1n) is 7.04. The van der Waals surface area contributed by atoms with E-state index in [2.05, 4.69) is 9.44 Å². The van der Waals surface area contributed by atoms with E-state index in [0.29, 0.717) is 17.1 Å². The number of methoxy groups -OCH3 is 1. The van der Waals surface area contributed by atoms with Gasteiger partial charge in [-0.05, 0) is 43.3 Å². The quantitative estimate of drug-likeness (QED) is 0.778. The minimum absolute atomic E-state index is 0.00727. The third kappa shape index (κ3) is 4.39. The summed E-state index contributed by atoms with van der Waals surface area (Å²) in [4.78, 5) is 0.00727. The van der Waals surface area contributed by atoms with E-state index in [-0.39, 0.29) is 10.6 Å². The number of hydrogen-bond donors (Lipinski definition) is 2. The van der Waals surface area contributed by atoms with E-state index in [0.717, 1.165) is 0 Å². The highest BCUT2D eigenvalue weighted by atomic mass is 32.2. The summed E-state index contributed by atoms with van der Waals surface area (Å²) in [6.45, 7) is 1.51. The van der Waals surface area contributed by atoms with Crippen LogP contribution in [0.3, 0.4) is 0 Å². The van der Waals surface area contributed by atoms with Gasteiger partial charge < -0.3 is 4.74 Å². The van der Waals surface area contributed by atoms with Crippen LogP contribution in [0.25, 0.3) is 0 Å². The number of benzene rings is 2. The smallest absolute Gasteiger partial charge is 0.262 e. The Morgan fingerprint density at radius 2 is 1.54 bits per heavy atom. The van der Waals surface area contributed by atoms with Crippen LogP contribution in [0.4, 0.5) is 11.4 Å². The summed E-state index contributed by atoms with van der Waals surface area (Å²) >= 11 is 0. The van der Waals surface area contributed by atoms with Gasteiger partial charge in [-0.15, -0.1) is 0 Å². The van der Waals surface area contributed by atoms with Crippen LogP contribution in [0.2, 0.25) is 0 Å². The van der Waals surface area contributed by atoms with Gasteiger partial charge in [0.2, 0.25) is 10.0 Å². The molecule has 2 aromatic rings. The van der Waals surface area contributed by atoms with Gasteiger partial charge in [0.05, 0.1) is 23.4 Å². The summed E-state index contributed by atoms with van der Waals surface area (Å²) < 4.78 is 57.8. The zero-order chi connectivity index (χ0) is 17.8. The first-order valence-corrected chi connectivity index (χ1v) is 10.2. The summed E-state index contributed by atoms with van der Waals surface area (Å²) in [5.41, 5.74) is 0.615. The summed E-state index contributed by atoms with van der Waals surface area (Å²) in [5.74, 6) is 0.330. The molecular formula is C15H18N2O5S2. The number of anilines is 2. The molecule has 24 heavy (non-hydrogen) atoms. The molecule has 0 aromatic heterocycles. The molecule has 130 valence electrons. The molecular weight excluding hydrogens is 352 g/mol. The van der Waals surface area contributed by atoms with E-state index < -0.39 is 20.0 Å². The van der Waals surface area contributed by atoms with Crippen LogP contribution in [-0.2, 0) is 20.0 Å². The Bertz CT molecular complexity index is 907. The average molecular weight is 370 g/mol. The van der Waals surface area contributed by atoms with Crippen LogP contribution in [-0.4, -0.2) is 29.7 Å². The van der Waals surface area contributed by atoms with Crippen molar-refractivity contribution in [3.63, 3.8) is 0 Å². The minimum Gasteiger partial charge on any atom is -0.495 e. The molecule has 2 aromatic carbocycles. The van der Waals surface area contributed by atoms with Crippen molar-refractivity contribution in [3.05, 3.63) is 48.5 Å². The van der Waals surface area contributed by atoms with Crippen molar-refractivity contribution in [3.8, 4) is 5.75 Å². The maximum Gasteiger partial charge on any atom is 0.262 e. The standard InChI is InChI=1S/C15H18N2O5S2/c1-3-23(18,19)16-12-8-10-13(11-9-12)24(20,21)17-14-6-4-5-7-15(14)22-2/h4-11,16-17H,3H2,1-2H3. The Labute approximate surface area is 141 Å². The van der Waals surface area contributed by atoms with E-state index in [4.69, 9.17) is 4.74 Å². The Hall–Kier alpha value is -2.26. The van der Waals surface area contributed by atoms with Gasteiger partial charge in [-0.1, -0.05) is 12.1 Å². The molecule has 0 aliphatic rings. The maximum atomic E-state index is 12.4. The molecule has 0 bridgehead atoms. The van der Waals surface area contributed by atoms with E-state index in [1.165, 1.54) is 38.3 Å². The maximum absolute atomic E-state index is 12.4. The second-order valence-corrected chi connectivity index (χ2v) is 8.53. The number of nitrogens with one attached hydrogen (secondary N) is 2. The topological polar surface area (TPSA) is 102 Å². The highest BCUT2D eigenvalue weighted by molar-refractivity contribution is 7.93. The summed E-state index contributed by atoms with van der Waals surface area (Å²) in [6, 6.07) is 12.1. The average Bonchev–Trinajstić information content (AvgIpc) is 2.55. The van der Waals surface area contributed by atoms with Gasteiger partial charge in [0.15, 0.2) is 0 Å². The third-order valence-corrected chi connectivity index (χ3v) is 5.86. The lowest BCUT2D eigenvalue weighted by Gasteiger charge is -2.12. The molecule has 0 saturated heterocycles. The number of para-hydroxylation sites is 2. The zero-order valence-electron chi connectivity index (χ0n) is 13.2. The van der Waals surface area contributed by atoms with Gasteiger partial charge in [-0.3, -0.25) is 9.44 Å². The Kier molecular flexibility index (Phi) is 5.35. The van der Waals surface area contributed by atoms with Crippen molar-refractivity contribution in [1.82, 2.24) is 0 Å². The molecule has 7 nitrogen and oxygen atoms in total. The van der Waals surface area contributed by atoms with Crippen molar-refractivity contribution >= 4 is 31.4 Å². The molecule has 0 aliphatic heterocycles. The molecule has 0 fully saturated rings. The molecule has 2 N–H and O–H groups in total. The van der Waals surface area contributed by atoms with Gasteiger partial charge in [0.1, 0.15) is 5.75 Å². The molecule has 2 rings (SSSR count). The van der Waals surface area contributed by atoms with Crippen LogP contribution in [0.5, 0.6) is 5.75 Å². The van der Waals surface area contributed by atoms with Crippen molar-refractivity contribution in [2.75, 3.05) is 22.3 Å². The molecule has 0 atom stereocenters. The molecule has 0 heterocycles. The molecule has 0 saturated carbocycles. The minimum atomic E-state index is -3.82. The fraction of sp³-hybridized carbons (Fsp3) is 0.200. The van der Waals surface area contributed by atoms with Crippen LogP contribution in [0.15, 0.2) is 53.4 Å². The normalized spacial score (nSPS) is 11.8. The van der Waals surface area contributed by atoms with Crippen LogP contribution in [0, 0.1) is 0 Å². The lowest BCUT2D eigenvalue weighted by Crippen LogP contribution is -2.15. The number of rotatable bonds is 7. The van der Waals surface area contributed by atoms with Crippen LogP contribution >= 0.6 is 0 Å². The third-order valence-electron chi connectivity index (χ3n) is 3.17. The molecule has 0 spiro atoms. The van der Waals surface area contributed by atoms with Crippen molar-refractivity contribution in [1.29, 1.82) is 0 Å². The fourth-order valence-corrected chi connectivity index (χ4v) is 3.60. The molecule has 9 heteroatoms. The Morgan fingerprint density at radius 3 is 2.12 bits per heavy atom. The van der Waals surface area contributed by atoms with E-state index in [1.807, 2.05) is 0 Å². The second kappa shape index (κ2) is 7.10. The summed E-state index contributed by atoms with van der Waals surface area (Å²) in [6.07, 6.45) is 0. The van der Waals surface area contributed by atoms with Gasteiger partial charge in [0.25, 0.3) is 10.0 Å². The number of sulfonamides is 2. The second-order valence-electron chi connectivity index (χ2n) is 4.84. The van der Waals surface area contributed by atoms with E-state index in [9.17, 15) is 16.8 Å². The summed E-state index contributed by atoms with van der Waals surface area (Å²) in [7, 11) is -5.78. The molecule has 0 unspecified atom stereocenters. The van der Waals surface area contributed by atoms with Crippen molar-refractivity contribution in [2.24, 2.45) is 0 Å². The summed E-state index contributed by atoms with van der Waals surface area (Å²) in [5, 5.41) is 0. The number of hydrogen-bond acceptors (Lipinski definition) is 5. The highest BCUT2D eigenvalue weighted by Gasteiger charge is 2.16. The monoisotopic (exact) mass is 370 g/mol. The first kappa shape index (κ1) is 18.1. The lowest BCUT2D eigenvalue weighted by atomic mass is 10.3. The Balaban J connectivity index is 2.24. The predicted molar refractivity (Wildman–Crippen MR) is 93.3 cm³/mol. The fourth-order valence-electron chi connectivity index (χ4n) is 1.89. The van der Waals surface area contributed by atoms with Gasteiger partial charge in [-0.2, -0.15) is 0 Å². The van der Waals surface area contributed by atoms with Crippen LogP contribution < -0.4 is 14.2 Å². The van der Waals surface area contributed by atoms with Crippen molar-refractivity contribution in [2.45, 2.75) is 11.8 Å². The SMILES string of the molecule is CCS(=O)(=O)Nc1ccc(S(=O)(=O)Nc2ccccc2OC)cc1. The van der Waals surface area contributed by atoms with Gasteiger partial charge >= 0.3 is 0 Å². The molecule has 0 amide bonds. The predicted octanol–water partition coefficient (Wildman–Crippen LogP) is 2.26.